The minimum atomic E-state index is -0.814. The van der Waals surface area contributed by atoms with Crippen molar-refractivity contribution in [1.82, 2.24) is 44.3 Å². The Bertz CT molecular complexity index is 5130. The highest BCUT2D eigenvalue weighted by atomic mass is 32.1. The van der Waals surface area contributed by atoms with E-state index in [9.17, 15) is 29.7 Å². The molecule has 20 nitrogen and oxygen atoms in total. The molecule has 98 heavy (non-hydrogen) atoms. The van der Waals surface area contributed by atoms with E-state index in [1.165, 1.54) is 12.1 Å². The Labute approximate surface area is 581 Å². The Morgan fingerprint density at radius 2 is 0.949 bits per heavy atom. The van der Waals surface area contributed by atoms with Crippen molar-refractivity contribution in [2.75, 3.05) is 26.8 Å². The number of fused-ring (bicyclic) bond motifs is 3. The molecule has 12 rings (SSSR count). The lowest BCUT2D eigenvalue weighted by Gasteiger charge is -2.19. The number of nitrogens with zero attached hydrogens (tertiary/aromatic N) is 4. The molecule has 0 aliphatic rings. The topological polar surface area (TPSA) is 257 Å². The van der Waals surface area contributed by atoms with Crippen molar-refractivity contribution in [3.8, 4) is 91.1 Å². The summed E-state index contributed by atoms with van der Waals surface area (Å²) >= 11 is 16.9. The predicted molar refractivity (Wildman–Crippen MR) is 390 cm³/mol. The van der Waals surface area contributed by atoms with Gasteiger partial charge in [-0.3, -0.25) is 18.7 Å². The smallest absolute Gasteiger partial charge is 0.508 e. The lowest BCUT2D eigenvalue weighted by Crippen LogP contribution is -2.27. The Hall–Kier alpha value is -11.0. The molecule has 0 unspecified atom stereocenters. The summed E-state index contributed by atoms with van der Waals surface area (Å²) in [5, 5.41) is 41.9. The zero-order chi connectivity index (χ0) is 70.1. The van der Waals surface area contributed by atoms with Gasteiger partial charge in [0.1, 0.15) is 40.2 Å². The molecule has 0 aliphatic carbocycles. The minimum Gasteiger partial charge on any atom is -0.508 e. The number of hydrogen-bond acceptors (Lipinski definition) is 15. The molecule has 0 bridgehead atoms. The van der Waals surface area contributed by atoms with Gasteiger partial charge in [0.2, 0.25) is 0 Å². The molecule has 4 aromatic heterocycles. The molecular formula is C75H75N9O11S3. The largest absolute Gasteiger partial charge is 0.513 e. The molecule has 0 saturated carbocycles. The Balaban J connectivity index is 0.000000161. The first-order valence-electron chi connectivity index (χ1n) is 31.8. The van der Waals surface area contributed by atoms with Crippen molar-refractivity contribution in [3.05, 3.63) is 201 Å². The van der Waals surface area contributed by atoms with Crippen LogP contribution in [0.25, 0.3) is 83.3 Å². The first-order chi connectivity index (χ1) is 47.2. The number of benzene rings is 8. The van der Waals surface area contributed by atoms with Crippen LogP contribution in [0.2, 0.25) is 0 Å². The molecule has 8 N–H and O–H groups in total. The lowest BCUT2D eigenvalue weighted by atomic mass is 9.97. The number of rotatable bonds is 16. The van der Waals surface area contributed by atoms with E-state index in [4.69, 9.17) is 60.3 Å². The van der Waals surface area contributed by atoms with Gasteiger partial charge in [-0.2, -0.15) is 0 Å². The molecule has 504 valence electrons. The van der Waals surface area contributed by atoms with Gasteiger partial charge in [-0.25, -0.2) is 14.4 Å². The maximum absolute atomic E-state index is 12.5. The lowest BCUT2D eigenvalue weighted by molar-refractivity contribution is 0.104. The number of para-hydroxylation sites is 1. The number of aromatic amines is 3. The van der Waals surface area contributed by atoms with E-state index >= 15 is 0 Å². The van der Waals surface area contributed by atoms with Crippen LogP contribution in [0.4, 0.5) is 14.4 Å². The molecule has 8 aromatic carbocycles. The first kappa shape index (κ1) is 69.8. The molecule has 0 fully saturated rings. The maximum atomic E-state index is 12.5. The van der Waals surface area contributed by atoms with Gasteiger partial charge in [-0.05, 0) is 146 Å². The summed E-state index contributed by atoms with van der Waals surface area (Å²) in [5.41, 5.74) is 9.62. The zero-order valence-corrected chi connectivity index (χ0v) is 58.1. The summed E-state index contributed by atoms with van der Waals surface area (Å²) < 4.78 is 34.3. The van der Waals surface area contributed by atoms with Crippen LogP contribution < -0.4 is 29.6 Å². The summed E-state index contributed by atoms with van der Waals surface area (Å²) in [5.74, 6) is 1.73. The summed E-state index contributed by atoms with van der Waals surface area (Å²) in [6.07, 6.45) is 5.05. The maximum Gasteiger partial charge on any atom is 0.513 e. The van der Waals surface area contributed by atoms with Crippen molar-refractivity contribution < 1.29 is 53.4 Å². The monoisotopic (exact) mass is 1370 g/mol. The number of carbonyl (C=O) groups is 3. The van der Waals surface area contributed by atoms with Crippen LogP contribution in [0.5, 0.6) is 40.2 Å². The van der Waals surface area contributed by atoms with E-state index < -0.39 is 18.3 Å². The molecule has 12 aromatic rings. The molecular weight excluding hydrogens is 1300 g/mol. The number of ether oxygens (including phenoxy) is 5. The quantitative estimate of drug-likeness (QED) is 0.0254. The van der Waals surface area contributed by atoms with Gasteiger partial charge in [0, 0.05) is 94.3 Å². The van der Waals surface area contributed by atoms with Crippen LogP contribution >= 0.6 is 36.7 Å². The summed E-state index contributed by atoms with van der Waals surface area (Å²) in [6, 6.07) is 45.5. The third-order valence-electron chi connectivity index (χ3n) is 16.1. The van der Waals surface area contributed by atoms with Gasteiger partial charge in [-0.1, -0.05) is 120 Å². The van der Waals surface area contributed by atoms with Gasteiger partial charge in [0.25, 0.3) is 0 Å². The number of aromatic hydroxyl groups is 3. The minimum absolute atomic E-state index is 0.00184. The van der Waals surface area contributed by atoms with Gasteiger partial charge in [0.05, 0.1) is 53.4 Å². The average Bonchev–Trinajstić information content (AvgIpc) is 1.50. The second-order valence-corrected chi connectivity index (χ2v) is 24.6. The van der Waals surface area contributed by atoms with Crippen molar-refractivity contribution in [2.24, 2.45) is 0 Å². The summed E-state index contributed by atoms with van der Waals surface area (Å²) in [7, 11) is 1.64. The number of carbonyl (C=O) groups excluding carboxylic acids is 3. The molecule has 2 amide bonds. The zero-order valence-electron chi connectivity index (χ0n) is 55.6. The summed E-state index contributed by atoms with van der Waals surface area (Å²) in [4.78, 5) is 50.4. The van der Waals surface area contributed by atoms with Crippen molar-refractivity contribution >= 4 is 87.4 Å². The van der Waals surface area contributed by atoms with E-state index in [1.54, 1.807) is 51.8 Å². The number of hydrogen-bond donors (Lipinski definition) is 8. The third-order valence-corrected chi connectivity index (χ3v) is 17.0. The first-order valence-corrected chi connectivity index (χ1v) is 33.1. The van der Waals surface area contributed by atoms with Gasteiger partial charge in [-0.15, -0.1) is 0 Å². The number of imidazole rings is 3. The van der Waals surface area contributed by atoms with Gasteiger partial charge < -0.3 is 64.6 Å². The second kappa shape index (κ2) is 30.8. The van der Waals surface area contributed by atoms with Crippen LogP contribution in [0.3, 0.4) is 0 Å². The second-order valence-electron chi connectivity index (χ2n) is 23.4. The van der Waals surface area contributed by atoms with Crippen LogP contribution in [0.1, 0.15) is 96.8 Å². The van der Waals surface area contributed by atoms with Gasteiger partial charge in [0.15, 0.2) is 14.3 Å². The number of pyridine rings is 1. The SMILES string of the molecule is CC(C)c1cc(-c2c[nH]c(=S)n2-c2ccnc3ccccc23)c(O)cc1O.CCNC(=O)Oc1cc(OC(=O)NCC)c(C(C)C)cc1-c1c[nH]c(=S)n1-c1cccc2ccccc12.CCOC(=O)Oc1cc(O)c(-c2c[nH]c(=S)n2-c2ccc(OC)c3ccccc23)cc1C(C)C. The van der Waals surface area contributed by atoms with Crippen molar-refractivity contribution in [2.45, 2.75) is 80.1 Å². The Morgan fingerprint density at radius 3 is 1.52 bits per heavy atom. The Morgan fingerprint density at radius 1 is 0.480 bits per heavy atom. The molecule has 4 heterocycles. The summed E-state index contributed by atoms with van der Waals surface area (Å²) in [6.45, 7) is 18.3. The highest BCUT2D eigenvalue weighted by Crippen LogP contribution is 2.44. The van der Waals surface area contributed by atoms with E-state index in [1.807, 2.05) is 190 Å². The van der Waals surface area contributed by atoms with Gasteiger partial charge >= 0.3 is 18.3 Å². The van der Waals surface area contributed by atoms with Crippen LogP contribution in [0.15, 0.2) is 170 Å². The number of amides is 2. The number of H-pyrrole nitrogens is 3. The van der Waals surface area contributed by atoms with E-state index in [2.05, 4.69) is 30.6 Å². The fourth-order valence-electron chi connectivity index (χ4n) is 11.5. The molecule has 0 saturated heterocycles. The molecule has 0 aliphatic heterocycles. The molecule has 0 atom stereocenters. The number of phenols is 3. The molecule has 23 heteroatoms. The normalized spacial score (nSPS) is 11.1. The third kappa shape index (κ3) is 14.8. The van der Waals surface area contributed by atoms with Crippen molar-refractivity contribution in [1.29, 1.82) is 0 Å². The van der Waals surface area contributed by atoms with E-state index in [-0.39, 0.29) is 53.1 Å². The number of methoxy groups -OCH3 is 1. The average molecular weight is 1370 g/mol. The van der Waals surface area contributed by atoms with Crippen LogP contribution in [-0.2, 0) is 4.74 Å². The number of nitrogens with one attached hydrogen (secondary N) is 5. The fourth-order valence-corrected chi connectivity index (χ4v) is 12.3. The van der Waals surface area contributed by atoms with Crippen LogP contribution in [-0.4, -0.2) is 94.1 Å². The van der Waals surface area contributed by atoms with E-state index in [0.717, 1.165) is 77.6 Å². The van der Waals surface area contributed by atoms with Crippen LogP contribution in [0, 0.1) is 14.3 Å². The number of aromatic nitrogens is 7. The Kier molecular flexibility index (Phi) is 21.9. The highest BCUT2D eigenvalue weighted by molar-refractivity contribution is 7.71. The number of phenolic OH excluding ortho intramolecular Hbond substituents is 3. The highest BCUT2D eigenvalue weighted by Gasteiger charge is 2.26. The fraction of sp³-hybridized carbons (Fsp3) is 0.213. The van der Waals surface area contributed by atoms with E-state index in [0.29, 0.717) is 61.2 Å². The predicted octanol–water partition coefficient (Wildman–Crippen LogP) is 18.7. The molecule has 0 spiro atoms. The van der Waals surface area contributed by atoms with Crippen molar-refractivity contribution in [3.63, 3.8) is 0 Å². The molecule has 0 radical (unpaired) electrons. The standard InChI is InChI=1S/C28H30N4O4S.C26H26N2O5S.C21H19N3O2S/c1-5-29-27(33)35-24-15-25(36-28(34)30-6-2)21(14-20(24)17(3)4)23-16-31-26(37)32(23)22-13-9-11-18-10-7-8-12-19(18)22;1-5-32-26(30)33-24-13-22(29)19(12-18(24)15(2)3)21-14-27-25(34)28(21)20-10-11-23(31-4)17-9-7-6-8-16(17)20;1-12(2)14-9-15(20(26)10-19(14)25)18-11-23-21(27)24(18)17-7-8-22-16-6-4-3-5-13(16)17/h7-17H,5-6H2,1-4H3,(H,29,33)(H,30,34)(H,31,37);6-15,29H,5H2,1-4H3,(H,27,34);3-12,25-26H,1-2H3,(H,23,27).